The maximum atomic E-state index is 11.3. The van der Waals surface area contributed by atoms with Gasteiger partial charge in [0.1, 0.15) is 0 Å². The minimum Gasteiger partial charge on any atom is -0.376 e. The summed E-state index contributed by atoms with van der Waals surface area (Å²) >= 11 is 5.75. The van der Waals surface area contributed by atoms with Crippen LogP contribution in [0.1, 0.15) is 5.69 Å². The number of thioether (sulfide) groups is 1. The van der Waals surface area contributed by atoms with Crippen molar-refractivity contribution in [2.75, 3.05) is 5.75 Å². The monoisotopic (exact) mass is 269 g/mol. The number of nitrogens with one attached hydrogen (secondary N) is 2. The fourth-order valence-electron chi connectivity index (χ4n) is 0.994. The lowest BCUT2D eigenvalue weighted by molar-refractivity contribution is -0.117. The quantitative estimate of drug-likeness (QED) is 0.418. The number of rotatable bonds is 5. The van der Waals surface area contributed by atoms with Crippen LogP contribution < -0.4 is 11.1 Å². The van der Waals surface area contributed by atoms with E-state index in [2.05, 4.69) is 45.8 Å². The molecule has 0 aromatic carbocycles. The van der Waals surface area contributed by atoms with Gasteiger partial charge in [0, 0.05) is 0 Å². The molecular formula is C9H11N5OS2. The molecule has 1 heterocycles. The highest BCUT2D eigenvalue weighted by molar-refractivity contribution is 7.99. The summed E-state index contributed by atoms with van der Waals surface area (Å²) < 4.78 is 0. The van der Waals surface area contributed by atoms with Crippen LogP contribution in [0.2, 0.25) is 0 Å². The van der Waals surface area contributed by atoms with Crippen molar-refractivity contribution in [3.63, 3.8) is 0 Å². The van der Waals surface area contributed by atoms with Gasteiger partial charge in [-0.1, -0.05) is 18.3 Å². The van der Waals surface area contributed by atoms with Crippen LogP contribution in [0.25, 0.3) is 6.08 Å². The molecule has 0 aliphatic carbocycles. The predicted octanol–water partition coefficient (Wildman–Crippen LogP) is 0.837. The summed E-state index contributed by atoms with van der Waals surface area (Å²) in [6.45, 7) is 6.99. The number of hydrogen-bond acceptors (Lipinski definition) is 5. The van der Waals surface area contributed by atoms with Crippen molar-refractivity contribution >= 4 is 53.6 Å². The van der Waals surface area contributed by atoms with Gasteiger partial charge in [-0.25, -0.2) is 9.98 Å². The number of nitrogens with two attached hydrogens (primary N) is 1. The minimum absolute atomic E-state index is 0.0460. The number of nitrogens with zero attached hydrogens (tertiary/aromatic N) is 2. The Hall–Kier alpha value is -1.67. The normalized spacial score (nSPS) is 9.65. The first-order chi connectivity index (χ1) is 8.06. The third-order valence-corrected chi connectivity index (χ3v) is 2.62. The number of hydrogen-bond donors (Lipinski definition) is 3. The second-order valence-corrected chi connectivity index (χ2v) is 4.25. The number of amides is 1. The highest BCUT2D eigenvalue weighted by Crippen LogP contribution is 2.22. The topological polar surface area (TPSA) is 96.2 Å². The molecule has 0 aliphatic heterocycles. The van der Waals surface area contributed by atoms with E-state index in [-0.39, 0.29) is 16.8 Å². The average Bonchev–Trinajstić information content (AvgIpc) is 2.67. The molecule has 90 valence electrons. The van der Waals surface area contributed by atoms with E-state index in [1.165, 1.54) is 11.8 Å². The van der Waals surface area contributed by atoms with Crippen molar-refractivity contribution in [3.8, 4) is 0 Å². The Morgan fingerprint density at radius 2 is 2.47 bits per heavy atom. The lowest BCUT2D eigenvalue weighted by atomic mass is 10.4. The molecule has 0 saturated carbocycles. The van der Waals surface area contributed by atoms with Gasteiger partial charge in [0.05, 0.1) is 11.4 Å². The standard InChI is InChI=1S/C9H11N5OS2/c1-3-5-7(11-2)14-9(12-5)17-4-6(15)13-8(10)16/h3H,1-2,4H2,(H,12,14)(H3,10,13,15,16). The first kappa shape index (κ1) is 13.4. The summed E-state index contributed by atoms with van der Waals surface area (Å²) in [5.74, 6) is 0.322. The van der Waals surface area contributed by atoms with E-state index in [9.17, 15) is 4.79 Å². The maximum absolute atomic E-state index is 11.3. The number of carbonyl (C=O) groups excluding carboxylic acids is 1. The molecule has 0 radical (unpaired) electrons. The molecule has 1 amide bonds. The van der Waals surface area contributed by atoms with Crippen LogP contribution in [0.4, 0.5) is 5.82 Å². The number of carbonyl (C=O) groups is 1. The van der Waals surface area contributed by atoms with Crippen molar-refractivity contribution in [3.05, 3.63) is 12.3 Å². The molecule has 0 unspecified atom stereocenters. The van der Waals surface area contributed by atoms with Gasteiger partial charge in [0.25, 0.3) is 0 Å². The molecule has 0 aliphatic rings. The Kier molecular flexibility index (Phi) is 4.85. The molecule has 1 aromatic rings. The zero-order valence-corrected chi connectivity index (χ0v) is 10.5. The molecule has 1 aromatic heterocycles. The number of aromatic amines is 1. The molecule has 0 saturated heterocycles. The van der Waals surface area contributed by atoms with Gasteiger partial charge >= 0.3 is 0 Å². The van der Waals surface area contributed by atoms with E-state index in [1.54, 1.807) is 6.08 Å². The summed E-state index contributed by atoms with van der Waals surface area (Å²) in [6.07, 6.45) is 1.58. The zero-order valence-electron chi connectivity index (χ0n) is 8.90. The Morgan fingerprint density at radius 3 is 2.94 bits per heavy atom. The van der Waals surface area contributed by atoms with Crippen LogP contribution in [-0.2, 0) is 4.79 Å². The number of aromatic nitrogens is 2. The van der Waals surface area contributed by atoms with Gasteiger partial charge < -0.3 is 16.0 Å². The van der Waals surface area contributed by atoms with Gasteiger partial charge in [0.15, 0.2) is 16.1 Å². The first-order valence-electron chi connectivity index (χ1n) is 4.48. The van der Waals surface area contributed by atoms with E-state index in [0.29, 0.717) is 16.7 Å². The van der Waals surface area contributed by atoms with Crippen LogP contribution in [0.3, 0.4) is 0 Å². The molecular weight excluding hydrogens is 258 g/mol. The SMILES string of the molecule is C=Cc1[nH]c(SCC(=O)NC(N)=S)nc1N=C. The van der Waals surface area contributed by atoms with E-state index in [4.69, 9.17) is 5.73 Å². The van der Waals surface area contributed by atoms with Crippen molar-refractivity contribution in [1.82, 2.24) is 15.3 Å². The lowest BCUT2D eigenvalue weighted by Gasteiger charge is -1.99. The van der Waals surface area contributed by atoms with E-state index < -0.39 is 0 Å². The summed E-state index contributed by atoms with van der Waals surface area (Å²) in [4.78, 5) is 22.0. The molecule has 8 heteroatoms. The zero-order chi connectivity index (χ0) is 12.8. The highest BCUT2D eigenvalue weighted by Gasteiger charge is 2.09. The Morgan fingerprint density at radius 1 is 1.76 bits per heavy atom. The number of thiocarbonyl (C=S) groups is 1. The first-order valence-corrected chi connectivity index (χ1v) is 5.87. The van der Waals surface area contributed by atoms with E-state index in [1.807, 2.05) is 0 Å². The Bertz CT molecular complexity index is 442. The van der Waals surface area contributed by atoms with Gasteiger partial charge in [-0.15, -0.1) is 0 Å². The summed E-state index contributed by atoms with van der Waals surface area (Å²) in [5.41, 5.74) is 5.83. The fourth-order valence-corrected chi connectivity index (χ4v) is 1.78. The molecule has 0 atom stereocenters. The predicted molar refractivity (Wildman–Crippen MR) is 73.5 cm³/mol. The van der Waals surface area contributed by atoms with Crippen molar-refractivity contribution in [1.29, 1.82) is 0 Å². The molecule has 0 spiro atoms. The van der Waals surface area contributed by atoms with Crippen LogP contribution in [0, 0.1) is 0 Å². The summed E-state index contributed by atoms with van der Waals surface area (Å²) in [5, 5.41) is 2.82. The highest BCUT2D eigenvalue weighted by atomic mass is 32.2. The van der Waals surface area contributed by atoms with E-state index >= 15 is 0 Å². The summed E-state index contributed by atoms with van der Waals surface area (Å²) in [7, 11) is 0. The summed E-state index contributed by atoms with van der Waals surface area (Å²) in [6, 6.07) is 0. The molecule has 4 N–H and O–H groups in total. The van der Waals surface area contributed by atoms with Crippen LogP contribution in [0.15, 0.2) is 16.7 Å². The molecule has 0 fully saturated rings. The number of H-pyrrole nitrogens is 1. The second-order valence-electron chi connectivity index (χ2n) is 2.84. The lowest BCUT2D eigenvalue weighted by Crippen LogP contribution is -2.35. The third kappa shape index (κ3) is 4.00. The maximum Gasteiger partial charge on any atom is 0.236 e. The molecule has 1 rings (SSSR count). The molecule has 0 bridgehead atoms. The van der Waals surface area contributed by atoms with Gasteiger partial charge in [-0.05, 0) is 25.0 Å². The van der Waals surface area contributed by atoms with Crippen molar-refractivity contribution in [2.24, 2.45) is 10.7 Å². The van der Waals surface area contributed by atoms with Gasteiger partial charge in [-0.3, -0.25) is 4.79 Å². The van der Waals surface area contributed by atoms with Crippen LogP contribution in [0.5, 0.6) is 0 Å². The Balaban J connectivity index is 2.60. The average molecular weight is 269 g/mol. The largest absolute Gasteiger partial charge is 0.376 e. The smallest absolute Gasteiger partial charge is 0.236 e. The van der Waals surface area contributed by atoms with Crippen molar-refractivity contribution in [2.45, 2.75) is 5.16 Å². The van der Waals surface area contributed by atoms with Crippen LogP contribution in [-0.4, -0.2) is 33.5 Å². The van der Waals surface area contributed by atoms with Gasteiger partial charge in [-0.2, -0.15) is 0 Å². The van der Waals surface area contributed by atoms with Crippen LogP contribution >= 0.6 is 24.0 Å². The third-order valence-electron chi connectivity index (χ3n) is 1.65. The number of imidazole rings is 1. The minimum atomic E-state index is -0.285. The van der Waals surface area contributed by atoms with E-state index in [0.717, 1.165) is 0 Å². The van der Waals surface area contributed by atoms with Crippen molar-refractivity contribution < 1.29 is 4.79 Å². The Labute approximate surface area is 108 Å². The fraction of sp³-hybridized carbons (Fsp3) is 0.111. The second kappa shape index (κ2) is 6.16. The van der Waals surface area contributed by atoms with Gasteiger partial charge in [0.2, 0.25) is 5.91 Å². The molecule has 6 nitrogen and oxygen atoms in total. The number of aliphatic imine (C=N–C) groups is 1. The molecule has 17 heavy (non-hydrogen) atoms.